The van der Waals surface area contributed by atoms with Crippen LogP contribution in [0.4, 0.5) is 5.69 Å². The maximum Gasteiger partial charge on any atom is 0.154 e. The summed E-state index contributed by atoms with van der Waals surface area (Å²) >= 11 is 1.99. The highest BCUT2D eigenvalue weighted by Crippen LogP contribution is 2.35. The van der Waals surface area contributed by atoms with Gasteiger partial charge in [0.1, 0.15) is 0 Å². The van der Waals surface area contributed by atoms with E-state index in [0.717, 1.165) is 65.3 Å². The minimum absolute atomic E-state index is 0.0665. The molecule has 8 heteroatoms. The molecule has 1 saturated heterocycles. The van der Waals surface area contributed by atoms with Crippen LogP contribution in [-0.4, -0.2) is 49.5 Å². The molecule has 0 bridgehead atoms. The van der Waals surface area contributed by atoms with Crippen molar-refractivity contribution in [1.29, 1.82) is 0 Å². The predicted octanol–water partition coefficient (Wildman–Crippen LogP) is 4.33. The quantitative estimate of drug-likeness (QED) is 0.412. The molecule has 176 valence electrons. The average Bonchev–Trinajstić information content (AvgIpc) is 3.33. The molecule has 1 unspecified atom stereocenters. The lowest BCUT2D eigenvalue weighted by atomic mass is 10.0. The Labute approximate surface area is 204 Å². The number of rotatable bonds is 7. The Kier molecular flexibility index (Phi) is 6.80. The summed E-state index contributed by atoms with van der Waals surface area (Å²) in [5, 5.41) is 15.4. The molecule has 1 aliphatic heterocycles. The summed E-state index contributed by atoms with van der Waals surface area (Å²) in [4.78, 5) is 12.0. The number of hydrogen-bond donors (Lipinski definition) is 2. The fourth-order valence-corrected chi connectivity index (χ4v) is 5.36. The summed E-state index contributed by atoms with van der Waals surface area (Å²) < 4.78 is 1.85. The van der Waals surface area contributed by atoms with Gasteiger partial charge in [-0.1, -0.05) is 25.5 Å². The van der Waals surface area contributed by atoms with E-state index in [1.807, 2.05) is 59.0 Å². The number of thioether (sulfide) groups is 1. The monoisotopic (exact) mass is 474 g/mol. The summed E-state index contributed by atoms with van der Waals surface area (Å²) in [7, 11) is 0. The summed E-state index contributed by atoms with van der Waals surface area (Å²) in [5.41, 5.74) is 12.0. The van der Waals surface area contributed by atoms with Crippen molar-refractivity contribution >= 4 is 28.4 Å². The van der Waals surface area contributed by atoms with Gasteiger partial charge in [-0.3, -0.25) is 4.98 Å². The highest BCUT2D eigenvalue weighted by molar-refractivity contribution is 7.99. The van der Waals surface area contributed by atoms with Crippen LogP contribution in [0.1, 0.15) is 37.2 Å². The molecule has 4 aromatic rings. The molecular formula is C26H30N6OS. The van der Waals surface area contributed by atoms with E-state index in [2.05, 4.69) is 28.9 Å². The van der Waals surface area contributed by atoms with Gasteiger partial charge >= 0.3 is 0 Å². The maximum atomic E-state index is 9.57. The number of aliphatic hydroxyl groups excluding tert-OH is 1. The molecule has 5 rings (SSSR count). The van der Waals surface area contributed by atoms with Gasteiger partial charge in [0.2, 0.25) is 0 Å². The van der Waals surface area contributed by atoms with Crippen LogP contribution in [0.15, 0.2) is 54.7 Å². The van der Waals surface area contributed by atoms with Crippen molar-refractivity contribution in [1.82, 2.24) is 19.7 Å². The zero-order chi connectivity index (χ0) is 23.5. The average molecular weight is 475 g/mol. The predicted molar refractivity (Wildman–Crippen MR) is 139 cm³/mol. The molecule has 1 atom stereocenters. The second-order valence-corrected chi connectivity index (χ2v) is 9.80. The molecule has 4 heterocycles. The third kappa shape index (κ3) is 4.53. The Morgan fingerprint density at radius 3 is 2.71 bits per heavy atom. The van der Waals surface area contributed by atoms with E-state index < -0.39 is 0 Å². The first-order valence-corrected chi connectivity index (χ1v) is 13.0. The molecule has 3 aromatic heterocycles. The fraction of sp³-hybridized carbons (Fsp3) is 0.346. The van der Waals surface area contributed by atoms with Crippen molar-refractivity contribution in [3.63, 3.8) is 0 Å². The Balaban J connectivity index is 1.67. The Hall–Kier alpha value is -2.94. The van der Waals surface area contributed by atoms with Crippen LogP contribution < -0.4 is 10.6 Å². The van der Waals surface area contributed by atoms with Crippen LogP contribution >= 0.6 is 11.8 Å². The first-order valence-electron chi connectivity index (χ1n) is 11.8. The molecule has 7 nitrogen and oxygen atoms in total. The van der Waals surface area contributed by atoms with Crippen LogP contribution in [0.3, 0.4) is 0 Å². The molecule has 0 radical (unpaired) electrons. The van der Waals surface area contributed by atoms with E-state index in [1.54, 1.807) is 0 Å². The molecule has 1 aliphatic rings. The minimum Gasteiger partial charge on any atom is -0.390 e. The molecular weight excluding hydrogens is 444 g/mol. The second kappa shape index (κ2) is 10.1. The van der Waals surface area contributed by atoms with Gasteiger partial charge in [0.05, 0.1) is 35.4 Å². The van der Waals surface area contributed by atoms with Gasteiger partial charge < -0.3 is 15.7 Å². The van der Waals surface area contributed by atoms with Crippen LogP contribution in [0.2, 0.25) is 0 Å². The van der Waals surface area contributed by atoms with Gasteiger partial charge in [0, 0.05) is 47.3 Å². The van der Waals surface area contributed by atoms with Crippen LogP contribution in [0.25, 0.3) is 28.0 Å². The molecule has 1 fully saturated rings. The van der Waals surface area contributed by atoms with E-state index in [1.165, 1.54) is 5.69 Å². The number of fused-ring (bicyclic) bond motifs is 1. The lowest BCUT2D eigenvalue weighted by Crippen LogP contribution is -2.32. The van der Waals surface area contributed by atoms with Gasteiger partial charge in [-0.25, -0.2) is 9.67 Å². The zero-order valence-corrected chi connectivity index (χ0v) is 20.2. The number of anilines is 1. The first-order chi connectivity index (χ1) is 16.7. The van der Waals surface area contributed by atoms with E-state index in [9.17, 15) is 5.11 Å². The van der Waals surface area contributed by atoms with Crippen molar-refractivity contribution in [2.45, 2.75) is 32.4 Å². The lowest BCUT2D eigenvalue weighted by molar-refractivity contribution is 0.276. The smallest absolute Gasteiger partial charge is 0.154 e. The number of benzene rings is 1. The van der Waals surface area contributed by atoms with Gasteiger partial charge in [-0.15, -0.1) is 0 Å². The summed E-state index contributed by atoms with van der Waals surface area (Å²) in [6.07, 6.45) is 3.85. The maximum absolute atomic E-state index is 9.57. The van der Waals surface area contributed by atoms with Crippen molar-refractivity contribution in [3.05, 3.63) is 66.1 Å². The first kappa shape index (κ1) is 22.8. The zero-order valence-electron chi connectivity index (χ0n) is 19.4. The molecule has 0 spiro atoms. The Bertz CT molecular complexity index is 1280. The van der Waals surface area contributed by atoms with Crippen LogP contribution in [-0.2, 0) is 6.61 Å². The van der Waals surface area contributed by atoms with Gasteiger partial charge in [0.15, 0.2) is 5.82 Å². The van der Waals surface area contributed by atoms with Gasteiger partial charge in [-0.05, 0) is 42.8 Å². The standard InChI is InChI=1S/C26H30N6OS/c1-2-5-21(27)23-8-4-7-22(30-23)18-14-24(31-10-12-34-13-11-31)20-16-28-32(25(20)15-18)26-9-3-6-19(17-33)29-26/h3-4,6-9,14-16,21,33H,2,5,10-13,17,27H2,1H3. The molecule has 0 amide bonds. The Morgan fingerprint density at radius 2 is 1.91 bits per heavy atom. The fourth-order valence-electron chi connectivity index (χ4n) is 4.46. The molecule has 34 heavy (non-hydrogen) atoms. The number of aliphatic hydroxyl groups is 1. The minimum atomic E-state index is -0.107. The highest BCUT2D eigenvalue weighted by Gasteiger charge is 2.20. The highest BCUT2D eigenvalue weighted by atomic mass is 32.2. The van der Waals surface area contributed by atoms with E-state index in [-0.39, 0.29) is 12.6 Å². The van der Waals surface area contributed by atoms with Crippen molar-refractivity contribution < 1.29 is 5.11 Å². The van der Waals surface area contributed by atoms with E-state index >= 15 is 0 Å². The summed E-state index contributed by atoms with van der Waals surface area (Å²) in [5.74, 6) is 2.91. The number of nitrogens with two attached hydrogens (primary N) is 1. The molecule has 1 aromatic carbocycles. The summed E-state index contributed by atoms with van der Waals surface area (Å²) in [6.45, 7) is 4.04. The van der Waals surface area contributed by atoms with Crippen molar-refractivity contribution in [2.24, 2.45) is 5.73 Å². The lowest BCUT2D eigenvalue weighted by Gasteiger charge is -2.29. The molecule has 0 saturated carbocycles. The SMILES string of the molecule is CCCC(N)c1cccc(-c2cc(N3CCSCC3)c3cnn(-c4cccc(CO)n4)c3c2)n1. The second-order valence-electron chi connectivity index (χ2n) is 8.57. The van der Waals surface area contributed by atoms with Crippen molar-refractivity contribution in [3.8, 4) is 17.1 Å². The largest absolute Gasteiger partial charge is 0.390 e. The number of pyridine rings is 2. The molecule has 0 aliphatic carbocycles. The molecule has 3 N–H and O–H groups in total. The third-order valence-corrected chi connectivity index (χ3v) is 7.18. The summed E-state index contributed by atoms with van der Waals surface area (Å²) in [6, 6.07) is 16.0. The van der Waals surface area contributed by atoms with E-state index in [0.29, 0.717) is 11.5 Å². The normalized spacial score (nSPS) is 15.1. The number of nitrogens with zero attached hydrogens (tertiary/aromatic N) is 5. The van der Waals surface area contributed by atoms with Crippen LogP contribution in [0, 0.1) is 0 Å². The number of aromatic nitrogens is 4. The van der Waals surface area contributed by atoms with Gasteiger partial charge in [-0.2, -0.15) is 16.9 Å². The van der Waals surface area contributed by atoms with E-state index in [4.69, 9.17) is 15.8 Å². The van der Waals surface area contributed by atoms with Gasteiger partial charge in [0.25, 0.3) is 0 Å². The Morgan fingerprint density at radius 1 is 1.09 bits per heavy atom. The van der Waals surface area contributed by atoms with Crippen molar-refractivity contribution in [2.75, 3.05) is 29.5 Å². The van der Waals surface area contributed by atoms with Crippen LogP contribution in [0.5, 0.6) is 0 Å². The third-order valence-electron chi connectivity index (χ3n) is 6.24. The number of hydrogen-bond acceptors (Lipinski definition) is 7. The topological polar surface area (TPSA) is 93.1 Å².